The van der Waals surface area contributed by atoms with Crippen LogP contribution in [0, 0.1) is 5.21 Å². The van der Waals surface area contributed by atoms with Gasteiger partial charge in [0, 0.05) is 0 Å². The molecule has 4 heteroatoms. The zero-order valence-electron chi connectivity index (χ0n) is 6.52. The van der Waals surface area contributed by atoms with Crippen molar-refractivity contribution in [3.8, 4) is 5.75 Å². The molecule has 12 heavy (non-hydrogen) atoms. The van der Waals surface area contributed by atoms with Gasteiger partial charge in [0.2, 0.25) is 0 Å². The van der Waals surface area contributed by atoms with Gasteiger partial charge in [-0.05, 0) is 4.90 Å². The lowest BCUT2D eigenvalue weighted by Gasteiger charge is -2.02. The molecule has 0 spiro atoms. The predicted octanol–water partition coefficient (Wildman–Crippen LogP) is 0.891. The highest BCUT2D eigenvalue weighted by Crippen LogP contribution is 2.09. The van der Waals surface area contributed by atoms with Crippen molar-refractivity contribution in [2.75, 3.05) is 7.11 Å². The lowest BCUT2D eigenvalue weighted by molar-refractivity contribution is -0.722. The highest BCUT2D eigenvalue weighted by Gasteiger charge is 1.86. The molecule has 0 amide bonds. The molecule has 0 unspecified atom stereocenters. The third-order valence-corrected chi connectivity index (χ3v) is 1.31. The molecule has 0 fully saturated rings. The molecule has 0 bridgehead atoms. The van der Waals surface area contributed by atoms with Gasteiger partial charge in [-0.2, -0.15) is 12.1 Å². The van der Waals surface area contributed by atoms with Crippen LogP contribution in [0.4, 0.5) is 0 Å². The Labute approximate surface area is 69.9 Å². The summed E-state index contributed by atoms with van der Waals surface area (Å²) in [6.07, 6.45) is 2.13. The van der Waals surface area contributed by atoms with E-state index in [9.17, 15) is 5.21 Å². The van der Waals surface area contributed by atoms with E-state index in [1.165, 1.54) is 0 Å². The van der Waals surface area contributed by atoms with Crippen LogP contribution in [0.2, 0.25) is 0 Å². The first-order valence-electron chi connectivity index (χ1n) is 3.29. The summed E-state index contributed by atoms with van der Waals surface area (Å²) in [5, 5.41) is 18.4. The smallest absolute Gasteiger partial charge is 0.191 e. The van der Waals surface area contributed by atoms with Crippen molar-refractivity contribution in [1.82, 2.24) is 0 Å². The van der Waals surface area contributed by atoms with Gasteiger partial charge in [0.25, 0.3) is 0 Å². The molecule has 1 rings (SSSR count). The average molecular weight is 166 g/mol. The van der Waals surface area contributed by atoms with E-state index in [0.717, 1.165) is 0 Å². The van der Waals surface area contributed by atoms with E-state index >= 15 is 0 Å². The minimum absolute atomic E-state index is 0.359. The number of benzene rings is 1. The first-order valence-corrected chi connectivity index (χ1v) is 3.29. The standard InChI is InChI=1S/C8H8NO3/c1-12-8-4-2-7(3-5-8)6-9(10)11/h2-5H,1H3,(H,10,11)/q-1. The maximum atomic E-state index is 10.1. The number of rotatable bonds is 2. The number of ether oxygens (including phenoxy) is 1. The Bertz CT molecular complexity index is 275. The van der Waals surface area contributed by atoms with Gasteiger partial charge >= 0.3 is 0 Å². The third-order valence-electron chi connectivity index (χ3n) is 1.31. The van der Waals surface area contributed by atoms with Crippen molar-refractivity contribution in [1.29, 1.82) is 0 Å². The zero-order valence-corrected chi connectivity index (χ0v) is 6.52. The van der Waals surface area contributed by atoms with Gasteiger partial charge in [0.15, 0.2) is 6.21 Å². The van der Waals surface area contributed by atoms with Gasteiger partial charge in [-0.3, -0.25) is 5.21 Å². The minimum atomic E-state index is -0.359. The van der Waals surface area contributed by atoms with Crippen LogP contribution >= 0.6 is 0 Å². The second-order valence-corrected chi connectivity index (χ2v) is 2.11. The Morgan fingerprint density at radius 3 is 2.42 bits per heavy atom. The van der Waals surface area contributed by atoms with E-state index in [1.54, 1.807) is 31.4 Å². The lowest BCUT2D eigenvalue weighted by Crippen LogP contribution is -1.97. The molecule has 0 radical (unpaired) electrons. The van der Waals surface area contributed by atoms with E-state index < -0.39 is 0 Å². The van der Waals surface area contributed by atoms with Crippen molar-refractivity contribution >= 4 is 6.21 Å². The molecule has 1 aromatic carbocycles. The van der Waals surface area contributed by atoms with E-state index in [0.29, 0.717) is 11.3 Å². The van der Waals surface area contributed by atoms with Gasteiger partial charge in [0.1, 0.15) is 0 Å². The summed E-state index contributed by atoms with van der Waals surface area (Å²) in [5.41, 5.74) is 0.494. The lowest BCUT2D eigenvalue weighted by atomic mass is 10.2. The van der Waals surface area contributed by atoms with Crippen molar-refractivity contribution in [2.45, 2.75) is 0 Å². The molecule has 0 heterocycles. The van der Waals surface area contributed by atoms with Crippen LogP contribution in [-0.4, -0.2) is 23.4 Å². The maximum absolute atomic E-state index is 10.1. The van der Waals surface area contributed by atoms with Gasteiger partial charge in [-0.15, -0.1) is 5.56 Å². The molecule has 1 aromatic rings. The number of hydrogen-bond donors (Lipinski definition) is 1. The van der Waals surface area contributed by atoms with Crippen LogP contribution in [0.15, 0.2) is 24.3 Å². The maximum Gasteiger partial charge on any atom is 0.191 e. The number of hydrogen-bond acceptors (Lipinski definition) is 3. The fourth-order valence-corrected chi connectivity index (χ4v) is 0.776. The van der Waals surface area contributed by atoms with E-state index in [4.69, 9.17) is 9.94 Å². The van der Waals surface area contributed by atoms with Gasteiger partial charge in [-0.25, -0.2) is 0 Å². The molecule has 1 N–H and O–H groups in total. The second-order valence-electron chi connectivity index (χ2n) is 2.11. The van der Waals surface area contributed by atoms with Crippen molar-refractivity contribution in [2.24, 2.45) is 0 Å². The second kappa shape index (κ2) is 3.61. The zero-order chi connectivity index (χ0) is 8.97. The Morgan fingerprint density at radius 2 is 2.00 bits per heavy atom. The topological polar surface area (TPSA) is 55.5 Å². The molecule has 0 aliphatic rings. The van der Waals surface area contributed by atoms with Crippen LogP contribution in [0.5, 0.6) is 5.75 Å². The van der Waals surface area contributed by atoms with Crippen molar-refractivity contribution < 1.29 is 14.8 Å². The summed E-state index contributed by atoms with van der Waals surface area (Å²) in [4.78, 5) is -0.359. The summed E-state index contributed by atoms with van der Waals surface area (Å²) >= 11 is 0. The molecule has 4 nitrogen and oxygen atoms in total. The Hall–Kier alpha value is -1.71. The fraction of sp³-hybridized carbons (Fsp3) is 0.125. The highest BCUT2D eigenvalue weighted by molar-refractivity contribution is 5.75. The van der Waals surface area contributed by atoms with Crippen molar-refractivity contribution in [3.05, 3.63) is 35.0 Å². The summed E-state index contributed by atoms with van der Waals surface area (Å²) in [5.74, 6) is 0.691. The predicted molar refractivity (Wildman–Crippen MR) is 42.5 cm³/mol. The summed E-state index contributed by atoms with van der Waals surface area (Å²) in [6, 6.07) is 6.57. The average Bonchev–Trinajstić information content (AvgIpc) is 2.05. The molecule has 0 aromatic heterocycles. The van der Waals surface area contributed by atoms with Crippen LogP contribution in [0.1, 0.15) is 5.56 Å². The number of nitrogens with zero attached hydrogens (tertiary/aromatic N) is 1. The quantitative estimate of drug-likeness (QED) is 0.233. The molecular formula is C8H8NO3-. The van der Waals surface area contributed by atoms with Crippen LogP contribution in [-0.2, 0) is 0 Å². The molecule has 64 valence electrons. The molecule has 0 atom stereocenters. The van der Waals surface area contributed by atoms with Crippen LogP contribution < -0.4 is 4.74 Å². The molecule has 0 saturated heterocycles. The Balaban J connectivity index is 2.85. The fourth-order valence-electron chi connectivity index (χ4n) is 0.776. The largest absolute Gasteiger partial charge is 0.499 e. The Morgan fingerprint density at radius 1 is 1.42 bits per heavy atom. The molecule has 0 saturated carbocycles. The minimum Gasteiger partial charge on any atom is -0.499 e. The molecule has 0 aliphatic carbocycles. The summed E-state index contributed by atoms with van der Waals surface area (Å²) < 4.78 is 4.89. The van der Waals surface area contributed by atoms with Crippen LogP contribution in [0.3, 0.4) is 0 Å². The van der Waals surface area contributed by atoms with E-state index in [-0.39, 0.29) is 4.90 Å². The summed E-state index contributed by atoms with van der Waals surface area (Å²) in [6.45, 7) is 0. The van der Waals surface area contributed by atoms with E-state index in [2.05, 4.69) is 6.21 Å². The van der Waals surface area contributed by atoms with Gasteiger partial charge in [-0.1, -0.05) is 12.1 Å². The highest BCUT2D eigenvalue weighted by atomic mass is 16.8. The normalized spacial score (nSPS) is 11.2. The van der Waals surface area contributed by atoms with E-state index in [1.807, 2.05) is 0 Å². The van der Waals surface area contributed by atoms with Crippen LogP contribution in [0.25, 0.3) is 0 Å². The molecule has 0 aliphatic heterocycles. The third kappa shape index (κ3) is 2.16. The number of methoxy groups -OCH3 is 1. The van der Waals surface area contributed by atoms with Gasteiger partial charge in [0.05, 0.1) is 12.9 Å². The first kappa shape index (κ1) is 8.39. The Kier molecular flexibility index (Phi) is 2.53. The van der Waals surface area contributed by atoms with Crippen molar-refractivity contribution in [3.63, 3.8) is 0 Å². The summed E-state index contributed by atoms with van der Waals surface area (Å²) in [7, 11) is 1.55. The molecular weight excluding hydrogens is 158 g/mol. The SMILES string of the molecule is COc1ccc([C-]=[N+]([O-])O)cc1. The monoisotopic (exact) mass is 166 g/mol. The van der Waals surface area contributed by atoms with Gasteiger partial charge < -0.3 is 9.94 Å². The first-order chi connectivity index (χ1) is 5.72.